The lowest BCUT2D eigenvalue weighted by atomic mass is 9.87. The number of benzene rings is 2. The van der Waals surface area contributed by atoms with Gasteiger partial charge in [0, 0.05) is 10.6 Å². The van der Waals surface area contributed by atoms with E-state index in [4.69, 9.17) is 0 Å². The molecule has 0 aliphatic carbocycles. The molecule has 2 rings (SSSR count). The Kier molecular flexibility index (Phi) is 4.13. The van der Waals surface area contributed by atoms with Crippen LogP contribution in [0, 0.1) is 6.92 Å². The van der Waals surface area contributed by atoms with Gasteiger partial charge in [-0.1, -0.05) is 61.9 Å². The minimum Gasteiger partial charge on any atom is -0.125 e. The van der Waals surface area contributed by atoms with Crippen LogP contribution in [-0.4, -0.2) is 5.75 Å². The number of hydrogen-bond acceptors (Lipinski definition) is 1. The molecule has 0 fully saturated rings. The first-order valence-electron chi connectivity index (χ1n) is 6.33. The van der Waals surface area contributed by atoms with Gasteiger partial charge in [0.1, 0.15) is 0 Å². The summed E-state index contributed by atoms with van der Waals surface area (Å²) in [7, 11) is 0. The molecule has 0 aliphatic heterocycles. The monoisotopic (exact) mass is 256 g/mol. The first-order valence-corrected chi connectivity index (χ1v) is 7.31. The van der Waals surface area contributed by atoms with Gasteiger partial charge in [-0.15, -0.1) is 11.8 Å². The lowest BCUT2D eigenvalue weighted by Crippen LogP contribution is -2.20. The molecule has 2 aromatic rings. The highest BCUT2D eigenvalue weighted by atomic mass is 32.2. The van der Waals surface area contributed by atoms with Crippen molar-refractivity contribution in [3.8, 4) is 0 Å². The number of thioether (sulfide) groups is 1. The van der Waals surface area contributed by atoms with Crippen molar-refractivity contribution in [2.75, 3.05) is 5.75 Å². The van der Waals surface area contributed by atoms with Crippen molar-refractivity contribution in [1.29, 1.82) is 0 Å². The van der Waals surface area contributed by atoms with E-state index in [1.54, 1.807) is 0 Å². The predicted octanol–water partition coefficient (Wildman–Crippen LogP) is 5.06. The van der Waals surface area contributed by atoms with Crippen LogP contribution in [0.15, 0.2) is 59.5 Å². The fourth-order valence-corrected chi connectivity index (χ4v) is 2.89. The quantitative estimate of drug-likeness (QED) is 0.689. The normalized spacial score (nSPS) is 11.5. The van der Waals surface area contributed by atoms with Gasteiger partial charge in [0.25, 0.3) is 0 Å². The van der Waals surface area contributed by atoms with Gasteiger partial charge in [0.15, 0.2) is 0 Å². The molecule has 18 heavy (non-hydrogen) atoms. The van der Waals surface area contributed by atoms with Crippen LogP contribution in [0.1, 0.15) is 25.0 Å². The van der Waals surface area contributed by atoms with Crippen molar-refractivity contribution in [1.82, 2.24) is 0 Å². The lowest BCUT2D eigenvalue weighted by Gasteiger charge is -2.24. The van der Waals surface area contributed by atoms with E-state index in [9.17, 15) is 0 Å². The topological polar surface area (TPSA) is 0 Å². The van der Waals surface area contributed by atoms with Gasteiger partial charge in [-0.05, 0) is 30.0 Å². The number of aryl methyl sites for hydroxylation is 1. The van der Waals surface area contributed by atoms with Gasteiger partial charge in [0.2, 0.25) is 0 Å². The largest absolute Gasteiger partial charge is 0.125 e. The molecule has 1 heteroatoms. The summed E-state index contributed by atoms with van der Waals surface area (Å²) >= 11 is 1.93. The summed E-state index contributed by atoms with van der Waals surface area (Å²) in [5.41, 5.74) is 2.93. The fraction of sp³-hybridized carbons (Fsp3) is 0.294. The zero-order valence-electron chi connectivity index (χ0n) is 11.3. The average molecular weight is 256 g/mol. The summed E-state index contributed by atoms with van der Waals surface area (Å²) in [6, 6.07) is 19.5. The van der Waals surface area contributed by atoms with Crippen molar-refractivity contribution in [2.45, 2.75) is 31.1 Å². The first-order chi connectivity index (χ1) is 8.58. The van der Waals surface area contributed by atoms with E-state index >= 15 is 0 Å². The third-order valence-electron chi connectivity index (χ3n) is 3.18. The van der Waals surface area contributed by atoms with Gasteiger partial charge >= 0.3 is 0 Å². The van der Waals surface area contributed by atoms with Crippen LogP contribution in [0.5, 0.6) is 0 Å². The number of rotatable bonds is 4. The Labute approximate surface area is 114 Å². The molecule has 0 amide bonds. The molecule has 0 nitrogen and oxygen atoms in total. The van der Waals surface area contributed by atoms with Crippen LogP contribution in [-0.2, 0) is 5.41 Å². The lowest BCUT2D eigenvalue weighted by molar-refractivity contribution is 0.602. The van der Waals surface area contributed by atoms with Crippen LogP contribution in [0.4, 0.5) is 0 Å². The van der Waals surface area contributed by atoms with Crippen molar-refractivity contribution >= 4 is 11.8 Å². The molecule has 0 aliphatic rings. The van der Waals surface area contributed by atoms with E-state index in [1.165, 1.54) is 16.0 Å². The van der Waals surface area contributed by atoms with E-state index in [-0.39, 0.29) is 5.41 Å². The van der Waals surface area contributed by atoms with Crippen LogP contribution >= 0.6 is 11.8 Å². The van der Waals surface area contributed by atoms with Crippen LogP contribution in [0.25, 0.3) is 0 Å². The molecule has 0 bridgehead atoms. The van der Waals surface area contributed by atoms with Gasteiger partial charge in [0.05, 0.1) is 0 Å². The molecule has 94 valence electrons. The predicted molar refractivity (Wildman–Crippen MR) is 81.4 cm³/mol. The molecular weight excluding hydrogens is 236 g/mol. The summed E-state index contributed by atoms with van der Waals surface area (Å²) < 4.78 is 0. The standard InChI is InChI=1S/C17H20S/c1-14-9-11-16(12-10-14)18-13-17(2,3)15-7-5-4-6-8-15/h4-12H,13H2,1-3H3. The molecule has 2 aromatic carbocycles. The second kappa shape index (κ2) is 5.62. The average Bonchev–Trinajstić information content (AvgIpc) is 2.39. The highest BCUT2D eigenvalue weighted by Crippen LogP contribution is 2.31. The Morgan fingerprint density at radius 3 is 2.11 bits per heavy atom. The smallest absolute Gasteiger partial charge is 0.00724 e. The van der Waals surface area contributed by atoms with Gasteiger partial charge in [-0.25, -0.2) is 0 Å². The SMILES string of the molecule is Cc1ccc(SCC(C)(C)c2ccccc2)cc1. The van der Waals surface area contributed by atoms with Gasteiger partial charge in [-0.2, -0.15) is 0 Å². The second-order valence-corrected chi connectivity index (χ2v) is 6.40. The van der Waals surface area contributed by atoms with Gasteiger partial charge in [-0.3, -0.25) is 0 Å². The van der Waals surface area contributed by atoms with E-state index in [2.05, 4.69) is 75.4 Å². The molecule has 0 aromatic heterocycles. The van der Waals surface area contributed by atoms with E-state index < -0.39 is 0 Å². The molecule has 0 saturated carbocycles. The van der Waals surface area contributed by atoms with Crippen molar-refractivity contribution in [3.05, 3.63) is 65.7 Å². The van der Waals surface area contributed by atoms with E-state index in [0.29, 0.717) is 0 Å². The summed E-state index contributed by atoms with van der Waals surface area (Å²) in [6.45, 7) is 6.75. The minimum absolute atomic E-state index is 0.205. The Morgan fingerprint density at radius 1 is 0.889 bits per heavy atom. The van der Waals surface area contributed by atoms with Gasteiger partial charge < -0.3 is 0 Å². The van der Waals surface area contributed by atoms with Crippen LogP contribution < -0.4 is 0 Å². The van der Waals surface area contributed by atoms with Crippen molar-refractivity contribution in [3.63, 3.8) is 0 Å². The van der Waals surface area contributed by atoms with Crippen LogP contribution in [0.3, 0.4) is 0 Å². The summed E-state index contributed by atoms with van der Waals surface area (Å²) in [5, 5.41) is 0. The maximum Gasteiger partial charge on any atom is 0.00724 e. The maximum absolute atomic E-state index is 2.31. The Hall–Kier alpha value is -1.21. The molecule has 0 unspecified atom stereocenters. The second-order valence-electron chi connectivity index (χ2n) is 5.35. The molecule has 0 spiro atoms. The van der Waals surface area contributed by atoms with E-state index in [1.807, 2.05) is 11.8 Å². The molecule has 0 saturated heterocycles. The highest BCUT2D eigenvalue weighted by molar-refractivity contribution is 7.99. The minimum atomic E-state index is 0.205. The molecular formula is C17H20S. The zero-order chi connectivity index (χ0) is 13.0. The fourth-order valence-electron chi connectivity index (χ4n) is 1.87. The Bertz CT molecular complexity index is 483. The molecule has 0 N–H and O–H groups in total. The molecule has 0 radical (unpaired) electrons. The first kappa shape index (κ1) is 13.2. The zero-order valence-corrected chi connectivity index (χ0v) is 12.1. The number of hydrogen-bond donors (Lipinski definition) is 0. The Morgan fingerprint density at radius 2 is 1.50 bits per heavy atom. The summed E-state index contributed by atoms with van der Waals surface area (Å²) in [4.78, 5) is 1.35. The molecule has 0 heterocycles. The molecule has 0 atom stereocenters. The summed E-state index contributed by atoms with van der Waals surface area (Å²) in [5.74, 6) is 1.10. The Balaban J connectivity index is 2.03. The van der Waals surface area contributed by atoms with E-state index in [0.717, 1.165) is 5.75 Å². The van der Waals surface area contributed by atoms with Crippen molar-refractivity contribution in [2.24, 2.45) is 0 Å². The third-order valence-corrected chi connectivity index (χ3v) is 4.65. The highest BCUT2D eigenvalue weighted by Gasteiger charge is 2.20. The third kappa shape index (κ3) is 3.39. The summed E-state index contributed by atoms with van der Waals surface area (Å²) in [6.07, 6.45) is 0. The van der Waals surface area contributed by atoms with Crippen molar-refractivity contribution < 1.29 is 0 Å². The van der Waals surface area contributed by atoms with Crippen LogP contribution in [0.2, 0.25) is 0 Å². The maximum atomic E-state index is 2.31.